The highest BCUT2D eigenvalue weighted by atomic mass is 32.2. The number of carbonyl (C=O) groups excluding carboxylic acids is 1. The number of thioether (sulfide) groups is 1. The van der Waals surface area contributed by atoms with Gasteiger partial charge in [0.25, 0.3) is 5.91 Å². The molecule has 0 radical (unpaired) electrons. The lowest BCUT2D eigenvalue weighted by Gasteiger charge is -2.09. The molecule has 4 aromatic rings. The van der Waals surface area contributed by atoms with E-state index < -0.39 is 0 Å². The molecule has 1 amide bonds. The maximum atomic E-state index is 12.6. The topological polar surface area (TPSA) is 38.3 Å². The van der Waals surface area contributed by atoms with Gasteiger partial charge >= 0.3 is 0 Å². The molecule has 0 heterocycles. The van der Waals surface area contributed by atoms with Gasteiger partial charge in [-0.05, 0) is 73.2 Å². The molecule has 154 valence electrons. The second-order valence-corrected chi connectivity index (χ2v) is 8.24. The molecule has 4 aromatic carbocycles. The fraction of sp³-hybridized carbons (Fsp3) is 0.0741. The van der Waals surface area contributed by atoms with Crippen molar-refractivity contribution in [3.8, 4) is 11.5 Å². The van der Waals surface area contributed by atoms with Crippen LogP contribution in [-0.4, -0.2) is 5.91 Å². The molecule has 4 rings (SSSR count). The number of nitrogens with one attached hydrogen (secondary N) is 1. The number of para-hydroxylation sites is 1. The Kier molecular flexibility index (Phi) is 6.70. The van der Waals surface area contributed by atoms with E-state index in [0.717, 1.165) is 22.9 Å². The minimum atomic E-state index is -0.130. The molecule has 0 bridgehead atoms. The summed E-state index contributed by atoms with van der Waals surface area (Å²) in [5.74, 6) is 2.24. The van der Waals surface area contributed by atoms with Crippen LogP contribution in [0, 0.1) is 6.92 Å². The molecule has 0 aliphatic rings. The van der Waals surface area contributed by atoms with E-state index in [0.29, 0.717) is 5.56 Å². The molecule has 0 aliphatic heterocycles. The van der Waals surface area contributed by atoms with Crippen LogP contribution in [0.5, 0.6) is 11.5 Å². The fourth-order valence-electron chi connectivity index (χ4n) is 2.99. The first-order chi connectivity index (χ1) is 15.2. The number of hydrogen-bond acceptors (Lipinski definition) is 3. The summed E-state index contributed by atoms with van der Waals surface area (Å²) in [6, 6.07) is 33.2. The average molecular weight is 426 g/mol. The SMILES string of the molecule is Cc1ccc(SCc2ccc(C(=O)Nc3ccc(Oc4ccccc4)cc3)cc2)cc1. The van der Waals surface area contributed by atoms with Crippen molar-refractivity contribution in [2.75, 3.05) is 5.32 Å². The zero-order valence-electron chi connectivity index (χ0n) is 17.2. The Labute approximate surface area is 187 Å². The molecule has 0 saturated heterocycles. The van der Waals surface area contributed by atoms with E-state index in [4.69, 9.17) is 4.74 Å². The lowest BCUT2D eigenvalue weighted by molar-refractivity contribution is 0.102. The van der Waals surface area contributed by atoms with Gasteiger partial charge in [-0.3, -0.25) is 4.79 Å². The Balaban J connectivity index is 1.31. The van der Waals surface area contributed by atoms with Gasteiger partial charge in [0.2, 0.25) is 0 Å². The summed E-state index contributed by atoms with van der Waals surface area (Å²) in [5, 5.41) is 2.93. The highest BCUT2D eigenvalue weighted by Gasteiger charge is 2.07. The molecule has 3 nitrogen and oxygen atoms in total. The lowest BCUT2D eigenvalue weighted by Crippen LogP contribution is -2.11. The summed E-state index contributed by atoms with van der Waals surface area (Å²) in [5.41, 5.74) is 3.81. The van der Waals surface area contributed by atoms with Crippen LogP contribution in [0.1, 0.15) is 21.5 Å². The van der Waals surface area contributed by atoms with Crippen molar-refractivity contribution in [3.05, 3.63) is 120 Å². The van der Waals surface area contributed by atoms with E-state index in [1.54, 1.807) is 11.8 Å². The number of anilines is 1. The maximum Gasteiger partial charge on any atom is 0.255 e. The second kappa shape index (κ2) is 10.0. The van der Waals surface area contributed by atoms with Gasteiger partial charge in [-0.1, -0.05) is 48.0 Å². The van der Waals surface area contributed by atoms with Crippen molar-refractivity contribution in [1.29, 1.82) is 0 Å². The number of carbonyl (C=O) groups is 1. The van der Waals surface area contributed by atoms with Gasteiger partial charge < -0.3 is 10.1 Å². The summed E-state index contributed by atoms with van der Waals surface area (Å²) < 4.78 is 5.78. The molecule has 0 spiro atoms. The summed E-state index contributed by atoms with van der Waals surface area (Å²) in [7, 11) is 0. The molecule has 0 unspecified atom stereocenters. The smallest absolute Gasteiger partial charge is 0.255 e. The second-order valence-electron chi connectivity index (χ2n) is 7.19. The number of benzene rings is 4. The monoisotopic (exact) mass is 425 g/mol. The van der Waals surface area contributed by atoms with Gasteiger partial charge in [0.15, 0.2) is 0 Å². The molecular weight excluding hydrogens is 402 g/mol. The van der Waals surface area contributed by atoms with Gasteiger partial charge in [-0.25, -0.2) is 0 Å². The Morgan fingerprint density at radius 1 is 0.774 bits per heavy atom. The summed E-state index contributed by atoms with van der Waals surface area (Å²) in [6.45, 7) is 2.09. The molecule has 4 heteroatoms. The molecule has 0 atom stereocenters. The van der Waals surface area contributed by atoms with E-state index in [-0.39, 0.29) is 5.91 Å². The minimum Gasteiger partial charge on any atom is -0.457 e. The normalized spacial score (nSPS) is 10.5. The van der Waals surface area contributed by atoms with Gasteiger partial charge in [-0.15, -0.1) is 11.8 Å². The number of ether oxygens (including phenoxy) is 1. The number of aryl methyl sites for hydroxylation is 1. The third-order valence-corrected chi connectivity index (χ3v) is 5.82. The van der Waals surface area contributed by atoms with E-state index in [1.165, 1.54) is 16.0 Å². The van der Waals surface area contributed by atoms with Crippen LogP contribution in [0.3, 0.4) is 0 Å². The summed E-state index contributed by atoms with van der Waals surface area (Å²) in [6.07, 6.45) is 0. The molecular formula is C27H23NO2S. The van der Waals surface area contributed by atoms with Crippen molar-refractivity contribution < 1.29 is 9.53 Å². The number of amides is 1. The predicted molar refractivity (Wildman–Crippen MR) is 128 cm³/mol. The van der Waals surface area contributed by atoms with E-state index in [2.05, 4.69) is 36.5 Å². The Morgan fingerprint density at radius 3 is 2.10 bits per heavy atom. The number of rotatable bonds is 7. The number of hydrogen-bond donors (Lipinski definition) is 1. The zero-order valence-corrected chi connectivity index (χ0v) is 18.1. The molecule has 1 N–H and O–H groups in total. The van der Waals surface area contributed by atoms with Gasteiger partial charge in [0, 0.05) is 21.9 Å². The average Bonchev–Trinajstić information content (AvgIpc) is 2.81. The third kappa shape index (κ3) is 6.00. The van der Waals surface area contributed by atoms with Crippen molar-refractivity contribution >= 4 is 23.4 Å². The molecule has 0 aliphatic carbocycles. The first-order valence-corrected chi connectivity index (χ1v) is 11.1. The summed E-state index contributed by atoms with van der Waals surface area (Å²) in [4.78, 5) is 13.8. The van der Waals surface area contributed by atoms with Crippen LogP contribution in [0.25, 0.3) is 0 Å². The highest BCUT2D eigenvalue weighted by Crippen LogP contribution is 2.24. The fourth-order valence-corrected chi connectivity index (χ4v) is 3.84. The maximum absolute atomic E-state index is 12.6. The van der Waals surface area contributed by atoms with Crippen molar-refractivity contribution in [1.82, 2.24) is 0 Å². The van der Waals surface area contributed by atoms with Gasteiger partial charge in [-0.2, -0.15) is 0 Å². The Bertz CT molecular complexity index is 1120. The quantitative estimate of drug-likeness (QED) is 0.315. The first-order valence-electron chi connectivity index (χ1n) is 10.1. The largest absolute Gasteiger partial charge is 0.457 e. The van der Waals surface area contributed by atoms with Crippen molar-refractivity contribution in [2.45, 2.75) is 17.6 Å². The first kappa shape index (κ1) is 20.8. The molecule has 0 fully saturated rings. The zero-order chi connectivity index (χ0) is 21.5. The molecule has 0 saturated carbocycles. The van der Waals surface area contributed by atoms with E-state index in [1.807, 2.05) is 78.9 Å². The highest BCUT2D eigenvalue weighted by molar-refractivity contribution is 7.98. The third-order valence-electron chi connectivity index (χ3n) is 4.73. The van der Waals surface area contributed by atoms with E-state index >= 15 is 0 Å². The van der Waals surface area contributed by atoms with Gasteiger partial charge in [0.05, 0.1) is 0 Å². The Hall–Kier alpha value is -3.50. The van der Waals surface area contributed by atoms with Crippen LogP contribution >= 0.6 is 11.8 Å². The predicted octanol–water partition coefficient (Wildman–Crippen LogP) is 7.33. The lowest BCUT2D eigenvalue weighted by atomic mass is 10.1. The van der Waals surface area contributed by atoms with Crippen LogP contribution in [0.2, 0.25) is 0 Å². The Morgan fingerprint density at radius 2 is 1.42 bits per heavy atom. The van der Waals surface area contributed by atoms with Crippen molar-refractivity contribution in [3.63, 3.8) is 0 Å². The van der Waals surface area contributed by atoms with E-state index in [9.17, 15) is 4.79 Å². The molecule has 31 heavy (non-hydrogen) atoms. The van der Waals surface area contributed by atoms with Crippen molar-refractivity contribution in [2.24, 2.45) is 0 Å². The minimum absolute atomic E-state index is 0.130. The van der Waals surface area contributed by atoms with Gasteiger partial charge in [0.1, 0.15) is 11.5 Å². The van der Waals surface area contributed by atoms with Crippen LogP contribution in [-0.2, 0) is 5.75 Å². The summed E-state index contributed by atoms with van der Waals surface area (Å²) >= 11 is 1.79. The van der Waals surface area contributed by atoms with Crippen LogP contribution in [0.4, 0.5) is 5.69 Å². The van der Waals surface area contributed by atoms with Crippen LogP contribution in [0.15, 0.2) is 108 Å². The molecule has 0 aromatic heterocycles. The van der Waals surface area contributed by atoms with Crippen LogP contribution < -0.4 is 10.1 Å². The standard InChI is InChI=1S/C27H23NO2S/c1-20-7-17-26(18-8-20)31-19-21-9-11-22(12-10-21)27(29)28-23-13-15-25(16-14-23)30-24-5-3-2-4-6-24/h2-18H,19H2,1H3,(H,28,29).